The van der Waals surface area contributed by atoms with E-state index in [4.69, 9.17) is 0 Å². The van der Waals surface area contributed by atoms with E-state index in [2.05, 4.69) is 34.4 Å². The molecule has 0 spiro atoms. The van der Waals surface area contributed by atoms with E-state index in [-0.39, 0.29) is 24.5 Å². The number of aliphatic hydroxyl groups excluding tert-OH is 1. The number of anilines is 2. The van der Waals surface area contributed by atoms with Crippen molar-refractivity contribution in [1.29, 1.82) is 0 Å². The number of carbonyl (C=O) groups is 2. The quantitative estimate of drug-likeness (QED) is 0.584. The first kappa shape index (κ1) is 23.5. The molecule has 3 rings (SSSR count). The second-order valence-electron chi connectivity index (χ2n) is 8.29. The van der Waals surface area contributed by atoms with Gasteiger partial charge < -0.3 is 25.5 Å². The van der Waals surface area contributed by atoms with E-state index in [1.807, 2.05) is 24.0 Å². The number of aromatic nitrogens is 1. The Balaban J connectivity index is 1.59. The number of amides is 2. The number of piperazine rings is 1. The summed E-state index contributed by atoms with van der Waals surface area (Å²) in [6, 6.07) is 10.7. The van der Waals surface area contributed by atoms with Crippen molar-refractivity contribution in [2.45, 2.75) is 39.3 Å². The maximum Gasteiger partial charge on any atom is 0.253 e. The summed E-state index contributed by atoms with van der Waals surface area (Å²) in [7, 11) is 0. The molecule has 8 nitrogen and oxygen atoms in total. The smallest absolute Gasteiger partial charge is 0.253 e. The zero-order valence-electron chi connectivity index (χ0n) is 19.0. The molecule has 1 aliphatic rings. The Bertz CT molecular complexity index is 904. The van der Waals surface area contributed by atoms with E-state index >= 15 is 0 Å². The van der Waals surface area contributed by atoms with Crippen LogP contribution in [0.1, 0.15) is 47.9 Å². The summed E-state index contributed by atoms with van der Waals surface area (Å²) in [6.45, 7) is 8.61. The molecule has 3 N–H and O–H groups in total. The summed E-state index contributed by atoms with van der Waals surface area (Å²) in [5.74, 6) is 0.622. The van der Waals surface area contributed by atoms with Crippen LogP contribution in [0.15, 0.2) is 42.6 Å². The molecular weight excluding hydrogens is 406 g/mol. The van der Waals surface area contributed by atoms with Crippen LogP contribution in [-0.2, 0) is 0 Å². The van der Waals surface area contributed by atoms with E-state index in [1.165, 1.54) is 0 Å². The largest absolute Gasteiger partial charge is 0.394 e. The van der Waals surface area contributed by atoms with Gasteiger partial charge >= 0.3 is 0 Å². The summed E-state index contributed by atoms with van der Waals surface area (Å²) >= 11 is 0. The first-order valence-electron chi connectivity index (χ1n) is 11.2. The molecule has 32 heavy (non-hydrogen) atoms. The number of nitrogens with one attached hydrogen (secondary N) is 2. The molecule has 1 fully saturated rings. The lowest BCUT2D eigenvalue weighted by Gasteiger charge is -2.36. The molecule has 2 aromatic rings. The highest BCUT2D eigenvalue weighted by atomic mass is 16.3. The lowest BCUT2D eigenvalue weighted by atomic mass is 10.1. The Morgan fingerprint density at radius 3 is 2.31 bits per heavy atom. The van der Waals surface area contributed by atoms with Gasteiger partial charge in [0.15, 0.2) is 5.82 Å². The third-order valence-electron chi connectivity index (χ3n) is 5.54. The maximum atomic E-state index is 13.0. The van der Waals surface area contributed by atoms with Gasteiger partial charge in [-0.05, 0) is 56.7 Å². The molecule has 2 amide bonds. The fraction of sp³-hybridized carbons (Fsp3) is 0.458. The summed E-state index contributed by atoms with van der Waals surface area (Å²) in [5.41, 5.74) is 2.03. The molecule has 1 aromatic heterocycles. The molecule has 1 aliphatic heterocycles. The summed E-state index contributed by atoms with van der Waals surface area (Å²) in [4.78, 5) is 33.8. The average Bonchev–Trinajstić information content (AvgIpc) is 2.82. The molecular formula is C24H33N5O3. The lowest BCUT2D eigenvalue weighted by molar-refractivity contribution is 0.0746. The van der Waals surface area contributed by atoms with Crippen molar-refractivity contribution >= 4 is 23.3 Å². The Hall–Kier alpha value is -3.13. The van der Waals surface area contributed by atoms with Crippen LogP contribution in [0.4, 0.5) is 11.5 Å². The molecule has 0 radical (unpaired) electrons. The fourth-order valence-electron chi connectivity index (χ4n) is 3.69. The monoisotopic (exact) mass is 439 g/mol. The van der Waals surface area contributed by atoms with Gasteiger partial charge in [-0.2, -0.15) is 0 Å². The first-order chi connectivity index (χ1) is 15.4. The number of pyridine rings is 1. The fourth-order valence-corrected chi connectivity index (χ4v) is 3.69. The predicted octanol–water partition coefficient (Wildman–Crippen LogP) is 2.37. The van der Waals surface area contributed by atoms with E-state index < -0.39 is 0 Å². The molecule has 0 unspecified atom stereocenters. The topological polar surface area (TPSA) is 97.8 Å². The molecule has 8 heteroatoms. The maximum absolute atomic E-state index is 13.0. The third kappa shape index (κ3) is 5.76. The van der Waals surface area contributed by atoms with Gasteiger partial charge in [0.1, 0.15) is 0 Å². The number of aliphatic hydroxyl groups is 1. The first-order valence-corrected chi connectivity index (χ1v) is 11.2. The van der Waals surface area contributed by atoms with Gasteiger partial charge in [0, 0.05) is 49.5 Å². The van der Waals surface area contributed by atoms with Gasteiger partial charge in [-0.25, -0.2) is 4.98 Å². The van der Waals surface area contributed by atoms with E-state index in [1.54, 1.807) is 30.5 Å². The summed E-state index contributed by atoms with van der Waals surface area (Å²) in [5, 5.41) is 15.5. The van der Waals surface area contributed by atoms with Crippen molar-refractivity contribution in [3.05, 3.63) is 53.7 Å². The van der Waals surface area contributed by atoms with Crippen molar-refractivity contribution in [1.82, 2.24) is 15.2 Å². The second-order valence-corrected chi connectivity index (χ2v) is 8.29. The van der Waals surface area contributed by atoms with Gasteiger partial charge in [0.2, 0.25) is 0 Å². The van der Waals surface area contributed by atoms with E-state index in [0.717, 1.165) is 11.5 Å². The minimum Gasteiger partial charge on any atom is -0.394 e. The van der Waals surface area contributed by atoms with Crippen LogP contribution in [-0.4, -0.2) is 71.7 Å². The molecule has 1 aromatic carbocycles. The van der Waals surface area contributed by atoms with Gasteiger partial charge in [0.25, 0.3) is 11.8 Å². The van der Waals surface area contributed by atoms with Crippen molar-refractivity contribution in [2.75, 3.05) is 43.0 Å². The molecule has 2 heterocycles. The highest BCUT2D eigenvalue weighted by Gasteiger charge is 2.24. The van der Waals surface area contributed by atoms with Crippen LogP contribution in [0, 0.1) is 0 Å². The third-order valence-corrected chi connectivity index (χ3v) is 5.54. The highest BCUT2D eigenvalue weighted by Crippen LogP contribution is 2.25. The number of carbonyl (C=O) groups excluding carboxylic acids is 2. The van der Waals surface area contributed by atoms with Gasteiger partial charge in [-0.1, -0.05) is 6.92 Å². The van der Waals surface area contributed by atoms with Crippen molar-refractivity contribution in [3.8, 4) is 0 Å². The van der Waals surface area contributed by atoms with Crippen molar-refractivity contribution in [2.24, 2.45) is 0 Å². The lowest BCUT2D eigenvalue weighted by Crippen LogP contribution is -2.49. The second kappa shape index (κ2) is 10.9. The Kier molecular flexibility index (Phi) is 8.05. The molecule has 0 aliphatic carbocycles. The predicted molar refractivity (Wildman–Crippen MR) is 126 cm³/mol. The SMILES string of the molecule is CC[C@@H](CO)NC(=O)c1ccc(C(=O)N2CCN(c3ncccc3NC(C)C)CC2)cc1. The number of rotatable bonds is 8. The van der Waals surface area contributed by atoms with Crippen LogP contribution in [0.3, 0.4) is 0 Å². The Morgan fingerprint density at radius 2 is 1.72 bits per heavy atom. The number of hydrogen-bond donors (Lipinski definition) is 3. The summed E-state index contributed by atoms with van der Waals surface area (Å²) < 4.78 is 0. The number of hydrogen-bond acceptors (Lipinski definition) is 6. The number of nitrogens with zero attached hydrogens (tertiary/aromatic N) is 3. The minimum absolute atomic E-state index is 0.0417. The Labute approximate surface area is 189 Å². The standard InChI is InChI=1S/C24H33N5O3/c1-4-20(16-30)27-23(31)18-7-9-19(10-8-18)24(32)29-14-12-28(13-15-29)22-21(26-17(2)3)6-5-11-25-22/h5-11,17,20,26,30H,4,12-16H2,1-3H3,(H,27,31)/t20-/m0/s1. The summed E-state index contributed by atoms with van der Waals surface area (Å²) in [6.07, 6.45) is 2.44. The normalized spacial score (nSPS) is 14.9. The highest BCUT2D eigenvalue weighted by molar-refractivity contribution is 5.98. The molecule has 0 bridgehead atoms. The van der Waals surface area contributed by atoms with Crippen molar-refractivity contribution in [3.63, 3.8) is 0 Å². The van der Waals surface area contributed by atoms with Crippen LogP contribution >= 0.6 is 0 Å². The van der Waals surface area contributed by atoms with Gasteiger partial charge in [-0.3, -0.25) is 9.59 Å². The van der Waals surface area contributed by atoms with E-state index in [0.29, 0.717) is 49.8 Å². The molecule has 1 atom stereocenters. The number of benzene rings is 1. The van der Waals surface area contributed by atoms with Crippen molar-refractivity contribution < 1.29 is 14.7 Å². The molecule has 172 valence electrons. The Morgan fingerprint density at radius 1 is 1.06 bits per heavy atom. The van der Waals surface area contributed by atoms with Crippen LogP contribution in [0.5, 0.6) is 0 Å². The molecule has 1 saturated heterocycles. The van der Waals surface area contributed by atoms with Gasteiger partial charge in [0.05, 0.1) is 18.3 Å². The van der Waals surface area contributed by atoms with Crippen LogP contribution in [0.25, 0.3) is 0 Å². The zero-order valence-corrected chi connectivity index (χ0v) is 19.0. The average molecular weight is 440 g/mol. The minimum atomic E-state index is -0.268. The van der Waals surface area contributed by atoms with Gasteiger partial charge in [-0.15, -0.1) is 0 Å². The van der Waals surface area contributed by atoms with Crippen LogP contribution in [0.2, 0.25) is 0 Å². The van der Waals surface area contributed by atoms with E-state index in [9.17, 15) is 14.7 Å². The van der Waals surface area contributed by atoms with Crippen LogP contribution < -0.4 is 15.5 Å². The zero-order chi connectivity index (χ0) is 23.1. The molecule has 0 saturated carbocycles.